The van der Waals surface area contributed by atoms with Crippen LogP contribution in [0.2, 0.25) is 0 Å². The molecular weight excluding hydrogens is 315 g/mol. The predicted octanol–water partition coefficient (Wildman–Crippen LogP) is 3.98. The number of likely N-dealkylation sites (tertiary alicyclic amines) is 1. The molecule has 0 unspecified atom stereocenters. The van der Waals surface area contributed by atoms with Crippen LogP contribution in [0.15, 0.2) is 29.2 Å². The van der Waals surface area contributed by atoms with Crippen molar-refractivity contribution in [2.75, 3.05) is 6.54 Å². The summed E-state index contributed by atoms with van der Waals surface area (Å²) in [5.41, 5.74) is -3.39. The number of rotatable bonds is 4. The Hall–Kier alpha value is -1.21. The fourth-order valence-electron chi connectivity index (χ4n) is 2.80. The molecule has 1 aromatic rings. The number of carboxylic acids is 1. The maximum atomic E-state index is 12.3. The standard InChI is InChI=1S/C15H18F3NO2S/c1-10-13(14(20)21)3-2-8-19(10)9-11-4-6-12(7-5-11)22-15(16,17)18/h4-7,10,13H,2-3,8-9H2,1H3,(H,20,21)/t10-,13-/m1/s1. The van der Waals surface area contributed by atoms with E-state index in [0.29, 0.717) is 13.0 Å². The lowest BCUT2D eigenvalue weighted by atomic mass is 9.90. The summed E-state index contributed by atoms with van der Waals surface area (Å²) in [5.74, 6) is -1.16. The quantitative estimate of drug-likeness (QED) is 0.846. The number of carbonyl (C=O) groups is 1. The number of carboxylic acid groups (broad SMARTS) is 1. The van der Waals surface area contributed by atoms with Crippen LogP contribution < -0.4 is 0 Å². The number of piperidine rings is 1. The van der Waals surface area contributed by atoms with Crippen LogP contribution in [0.25, 0.3) is 0 Å². The fraction of sp³-hybridized carbons (Fsp3) is 0.533. The fourth-order valence-corrected chi connectivity index (χ4v) is 3.34. The predicted molar refractivity (Wildman–Crippen MR) is 78.6 cm³/mol. The highest BCUT2D eigenvalue weighted by molar-refractivity contribution is 8.00. The van der Waals surface area contributed by atoms with E-state index in [9.17, 15) is 23.1 Å². The second-order valence-corrected chi connectivity index (χ2v) is 6.63. The molecule has 1 fully saturated rings. The van der Waals surface area contributed by atoms with E-state index in [1.165, 1.54) is 12.1 Å². The van der Waals surface area contributed by atoms with Crippen LogP contribution in [0.5, 0.6) is 0 Å². The molecule has 1 heterocycles. The molecule has 7 heteroatoms. The van der Waals surface area contributed by atoms with E-state index in [-0.39, 0.29) is 28.6 Å². The summed E-state index contributed by atoms with van der Waals surface area (Å²) in [5, 5.41) is 9.20. The number of halogens is 3. The minimum absolute atomic E-state index is 0.0736. The normalized spacial score (nSPS) is 23.5. The molecule has 0 saturated carbocycles. The molecule has 0 aromatic heterocycles. The summed E-state index contributed by atoms with van der Waals surface area (Å²) in [6, 6.07) is 6.18. The number of benzene rings is 1. The number of nitrogens with zero attached hydrogens (tertiary/aromatic N) is 1. The Kier molecular flexibility index (Phi) is 5.39. The molecule has 0 amide bonds. The van der Waals surface area contributed by atoms with Crippen LogP contribution in [0, 0.1) is 5.92 Å². The first kappa shape index (κ1) is 17.1. The minimum atomic E-state index is -4.28. The van der Waals surface area contributed by atoms with Gasteiger partial charge in [-0.2, -0.15) is 13.2 Å². The molecule has 122 valence electrons. The number of alkyl halides is 3. The molecule has 2 rings (SSSR count). The third-order valence-corrected chi connectivity index (χ3v) is 4.72. The number of hydrogen-bond acceptors (Lipinski definition) is 3. The highest BCUT2D eigenvalue weighted by Crippen LogP contribution is 2.36. The molecule has 1 aliphatic rings. The average molecular weight is 333 g/mol. The monoisotopic (exact) mass is 333 g/mol. The van der Waals surface area contributed by atoms with Crippen molar-refractivity contribution in [3.63, 3.8) is 0 Å². The third kappa shape index (κ3) is 4.64. The summed E-state index contributed by atoms with van der Waals surface area (Å²) in [7, 11) is 0. The highest BCUT2D eigenvalue weighted by atomic mass is 32.2. The Bertz CT molecular complexity index is 519. The van der Waals surface area contributed by atoms with E-state index in [2.05, 4.69) is 4.90 Å². The van der Waals surface area contributed by atoms with E-state index in [0.717, 1.165) is 18.5 Å². The Labute approximate surface area is 131 Å². The lowest BCUT2D eigenvalue weighted by Crippen LogP contribution is -2.45. The first-order valence-electron chi connectivity index (χ1n) is 7.08. The van der Waals surface area contributed by atoms with Gasteiger partial charge in [0.05, 0.1) is 5.92 Å². The van der Waals surface area contributed by atoms with Crippen LogP contribution in [-0.2, 0) is 11.3 Å². The van der Waals surface area contributed by atoms with Gasteiger partial charge in [0.25, 0.3) is 0 Å². The van der Waals surface area contributed by atoms with Gasteiger partial charge in [-0.25, -0.2) is 0 Å². The molecular formula is C15H18F3NO2S. The largest absolute Gasteiger partial charge is 0.481 e. The van der Waals surface area contributed by atoms with Crippen molar-refractivity contribution in [1.82, 2.24) is 4.90 Å². The van der Waals surface area contributed by atoms with Gasteiger partial charge in [-0.15, -0.1) is 0 Å². The van der Waals surface area contributed by atoms with Gasteiger partial charge in [0.15, 0.2) is 0 Å². The molecule has 1 aromatic carbocycles. The zero-order chi connectivity index (χ0) is 16.3. The molecule has 1 saturated heterocycles. The van der Waals surface area contributed by atoms with Crippen LogP contribution in [0.1, 0.15) is 25.3 Å². The summed E-state index contributed by atoms with van der Waals surface area (Å²) >= 11 is -0.131. The zero-order valence-corrected chi connectivity index (χ0v) is 13.0. The molecule has 3 nitrogen and oxygen atoms in total. The molecule has 0 radical (unpaired) electrons. The SMILES string of the molecule is C[C@@H]1[C@H](C(=O)O)CCCN1Cc1ccc(SC(F)(F)F)cc1. The number of thioether (sulfide) groups is 1. The summed E-state index contributed by atoms with van der Waals surface area (Å²) in [6.45, 7) is 3.26. The minimum Gasteiger partial charge on any atom is -0.481 e. The Morgan fingerprint density at radius 1 is 1.36 bits per heavy atom. The van der Waals surface area contributed by atoms with E-state index < -0.39 is 11.5 Å². The first-order chi connectivity index (χ1) is 10.3. The van der Waals surface area contributed by atoms with Crippen molar-refractivity contribution >= 4 is 17.7 Å². The second kappa shape index (κ2) is 6.91. The van der Waals surface area contributed by atoms with Gasteiger partial charge in [-0.3, -0.25) is 9.69 Å². The van der Waals surface area contributed by atoms with Crippen LogP contribution >= 0.6 is 11.8 Å². The Morgan fingerprint density at radius 2 is 2.00 bits per heavy atom. The molecule has 2 atom stereocenters. The van der Waals surface area contributed by atoms with Gasteiger partial charge in [0.2, 0.25) is 0 Å². The average Bonchev–Trinajstić information content (AvgIpc) is 2.41. The molecule has 1 N–H and O–H groups in total. The first-order valence-corrected chi connectivity index (χ1v) is 7.89. The van der Waals surface area contributed by atoms with Crippen LogP contribution in [-0.4, -0.2) is 34.1 Å². The molecule has 0 bridgehead atoms. The van der Waals surface area contributed by atoms with Crippen molar-refractivity contribution in [1.29, 1.82) is 0 Å². The summed E-state index contributed by atoms with van der Waals surface area (Å²) in [6.07, 6.45) is 1.50. The van der Waals surface area contributed by atoms with Gasteiger partial charge < -0.3 is 5.11 Å². The lowest BCUT2D eigenvalue weighted by Gasteiger charge is -2.37. The van der Waals surface area contributed by atoms with Gasteiger partial charge in [0.1, 0.15) is 0 Å². The maximum absolute atomic E-state index is 12.3. The van der Waals surface area contributed by atoms with E-state index in [1.807, 2.05) is 6.92 Å². The number of aliphatic carboxylic acids is 1. The van der Waals surface area contributed by atoms with E-state index >= 15 is 0 Å². The van der Waals surface area contributed by atoms with E-state index in [4.69, 9.17) is 0 Å². The van der Waals surface area contributed by atoms with Crippen molar-refractivity contribution in [3.8, 4) is 0 Å². The number of hydrogen-bond donors (Lipinski definition) is 1. The third-order valence-electron chi connectivity index (χ3n) is 3.98. The smallest absolute Gasteiger partial charge is 0.446 e. The lowest BCUT2D eigenvalue weighted by molar-refractivity contribution is -0.145. The second-order valence-electron chi connectivity index (χ2n) is 5.49. The van der Waals surface area contributed by atoms with Crippen molar-refractivity contribution in [3.05, 3.63) is 29.8 Å². The maximum Gasteiger partial charge on any atom is 0.446 e. The van der Waals surface area contributed by atoms with Gasteiger partial charge >= 0.3 is 11.5 Å². The Morgan fingerprint density at radius 3 is 2.55 bits per heavy atom. The molecule has 22 heavy (non-hydrogen) atoms. The van der Waals surface area contributed by atoms with Crippen molar-refractivity contribution in [2.45, 2.75) is 42.8 Å². The van der Waals surface area contributed by atoms with E-state index in [1.54, 1.807) is 12.1 Å². The zero-order valence-electron chi connectivity index (χ0n) is 12.1. The molecule has 0 aliphatic carbocycles. The Balaban J connectivity index is 2.00. The van der Waals surface area contributed by atoms with Crippen molar-refractivity contribution in [2.24, 2.45) is 5.92 Å². The van der Waals surface area contributed by atoms with Crippen LogP contribution in [0.4, 0.5) is 13.2 Å². The molecule has 1 aliphatic heterocycles. The van der Waals surface area contributed by atoms with Gasteiger partial charge in [-0.1, -0.05) is 12.1 Å². The summed E-state index contributed by atoms with van der Waals surface area (Å²) in [4.78, 5) is 13.4. The van der Waals surface area contributed by atoms with Gasteiger partial charge in [0, 0.05) is 17.5 Å². The summed E-state index contributed by atoms with van der Waals surface area (Å²) < 4.78 is 36.9. The van der Waals surface area contributed by atoms with Crippen LogP contribution in [0.3, 0.4) is 0 Å². The topological polar surface area (TPSA) is 40.5 Å². The van der Waals surface area contributed by atoms with Gasteiger partial charge in [-0.05, 0) is 55.8 Å². The van der Waals surface area contributed by atoms with Crippen molar-refractivity contribution < 1.29 is 23.1 Å². The highest BCUT2D eigenvalue weighted by Gasteiger charge is 2.33. The molecule has 0 spiro atoms.